The molecule has 24 heavy (non-hydrogen) atoms. The first-order valence-corrected chi connectivity index (χ1v) is 6.92. The Morgan fingerprint density at radius 3 is 2.50 bits per heavy atom. The minimum absolute atomic E-state index is 0.195. The highest BCUT2D eigenvalue weighted by atomic mass is 19.4. The molecule has 8 heteroatoms. The fourth-order valence-corrected chi connectivity index (χ4v) is 2.03. The van der Waals surface area contributed by atoms with Crippen LogP contribution in [-0.2, 0) is 11.0 Å². The van der Waals surface area contributed by atoms with Crippen molar-refractivity contribution < 1.29 is 27.5 Å². The Balaban J connectivity index is 1.97. The van der Waals surface area contributed by atoms with Gasteiger partial charge >= 0.3 is 6.18 Å². The molecule has 0 bridgehead atoms. The summed E-state index contributed by atoms with van der Waals surface area (Å²) in [6.07, 6.45) is -6.29. The summed E-state index contributed by atoms with van der Waals surface area (Å²) in [5, 5.41) is 9.86. The van der Waals surface area contributed by atoms with E-state index in [0.717, 1.165) is 18.2 Å². The van der Waals surface area contributed by atoms with Gasteiger partial charge in [0.05, 0.1) is 23.8 Å². The van der Waals surface area contributed by atoms with Gasteiger partial charge in [0.25, 0.3) is 0 Å². The van der Waals surface area contributed by atoms with Gasteiger partial charge in [0.1, 0.15) is 5.82 Å². The Kier molecular flexibility index (Phi) is 5.40. The highest BCUT2D eigenvalue weighted by Gasteiger charge is 2.33. The summed E-state index contributed by atoms with van der Waals surface area (Å²) in [5.41, 5.74) is 3.21. The number of carbonyl (C=O) groups excluding carboxylic acids is 1. The summed E-state index contributed by atoms with van der Waals surface area (Å²) in [7, 11) is 0. The van der Waals surface area contributed by atoms with Crippen molar-refractivity contribution >= 4 is 11.6 Å². The van der Waals surface area contributed by atoms with Crippen molar-refractivity contribution in [2.75, 3.05) is 5.43 Å². The maximum Gasteiger partial charge on any atom is 0.418 e. The molecule has 0 saturated carbocycles. The van der Waals surface area contributed by atoms with E-state index in [1.165, 1.54) is 30.3 Å². The number of hydrazine groups is 1. The van der Waals surface area contributed by atoms with E-state index in [1.807, 2.05) is 0 Å². The number of aliphatic hydroxyl groups is 1. The van der Waals surface area contributed by atoms with Gasteiger partial charge in [-0.1, -0.05) is 24.3 Å². The lowest BCUT2D eigenvalue weighted by molar-refractivity contribution is -0.137. The normalized spacial score (nSPS) is 12.5. The van der Waals surface area contributed by atoms with Crippen LogP contribution in [-0.4, -0.2) is 11.0 Å². The first kappa shape index (κ1) is 17.7. The van der Waals surface area contributed by atoms with Crippen LogP contribution in [0.3, 0.4) is 0 Å². The Morgan fingerprint density at radius 1 is 1.12 bits per heavy atom. The molecule has 0 fully saturated rings. The average Bonchev–Trinajstić information content (AvgIpc) is 2.52. The van der Waals surface area contributed by atoms with E-state index in [-0.39, 0.29) is 11.3 Å². The molecule has 0 aliphatic carbocycles. The third-order valence-corrected chi connectivity index (χ3v) is 3.18. The first-order chi connectivity index (χ1) is 11.3. The van der Waals surface area contributed by atoms with Crippen molar-refractivity contribution in [2.45, 2.75) is 18.7 Å². The number of carbonyl (C=O) groups is 1. The van der Waals surface area contributed by atoms with Gasteiger partial charge in [0.15, 0.2) is 0 Å². The summed E-state index contributed by atoms with van der Waals surface area (Å²) < 4.78 is 51.5. The van der Waals surface area contributed by atoms with Crippen LogP contribution in [0, 0.1) is 5.82 Å². The number of hydrogen-bond acceptors (Lipinski definition) is 3. The molecule has 2 aromatic carbocycles. The van der Waals surface area contributed by atoms with Crippen LogP contribution < -0.4 is 10.9 Å². The smallest absolute Gasteiger partial charge is 0.388 e. The van der Waals surface area contributed by atoms with E-state index in [1.54, 1.807) is 0 Å². The predicted octanol–water partition coefficient (Wildman–Crippen LogP) is 3.41. The van der Waals surface area contributed by atoms with E-state index in [4.69, 9.17) is 0 Å². The van der Waals surface area contributed by atoms with Crippen molar-refractivity contribution in [3.8, 4) is 0 Å². The fourth-order valence-electron chi connectivity index (χ4n) is 2.03. The number of halogens is 4. The van der Waals surface area contributed by atoms with Gasteiger partial charge in [0, 0.05) is 0 Å². The SMILES string of the molecule is O=C(CC(O)c1cccc(F)c1)NNc1ccccc1C(F)(F)F. The first-order valence-electron chi connectivity index (χ1n) is 6.92. The molecule has 4 nitrogen and oxygen atoms in total. The number of anilines is 1. The molecule has 0 radical (unpaired) electrons. The highest BCUT2D eigenvalue weighted by molar-refractivity contribution is 5.78. The molecule has 1 amide bonds. The lowest BCUT2D eigenvalue weighted by atomic mass is 10.1. The van der Waals surface area contributed by atoms with Crippen LogP contribution >= 0.6 is 0 Å². The monoisotopic (exact) mass is 342 g/mol. The van der Waals surface area contributed by atoms with Crippen molar-refractivity contribution in [1.29, 1.82) is 0 Å². The van der Waals surface area contributed by atoms with E-state index in [0.29, 0.717) is 0 Å². The Bertz CT molecular complexity index is 719. The summed E-state index contributed by atoms with van der Waals surface area (Å²) in [4.78, 5) is 11.7. The number of benzene rings is 2. The standard InChI is InChI=1S/C16H14F4N2O2/c17-11-5-3-4-10(8-11)14(23)9-15(24)22-21-13-7-2-1-6-12(13)16(18,19)20/h1-8,14,21,23H,9H2,(H,22,24). The van der Waals surface area contributed by atoms with Crippen molar-refractivity contribution in [2.24, 2.45) is 0 Å². The van der Waals surface area contributed by atoms with E-state index >= 15 is 0 Å². The summed E-state index contributed by atoms with van der Waals surface area (Å²) >= 11 is 0. The molecule has 2 aromatic rings. The molecular weight excluding hydrogens is 328 g/mol. The molecule has 0 saturated heterocycles. The Morgan fingerprint density at radius 2 is 1.83 bits per heavy atom. The van der Waals surface area contributed by atoms with Gasteiger partial charge in [-0.15, -0.1) is 0 Å². The number of aliphatic hydroxyl groups excluding tert-OH is 1. The minimum atomic E-state index is -4.57. The molecule has 1 unspecified atom stereocenters. The maximum absolute atomic E-state index is 13.1. The zero-order valence-corrected chi connectivity index (χ0v) is 12.3. The number of rotatable bonds is 5. The Labute approximate surface area is 135 Å². The number of nitrogens with one attached hydrogen (secondary N) is 2. The van der Waals surface area contributed by atoms with Crippen molar-refractivity contribution in [3.05, 3.63) is 65.5 Å². The molecular formula is C16H14F4N2O2. The topological polar surface area (TPSA) is 61.4 Å². The molecule has 2 rings (SSSR count). The van der Waals surface area contributed by atoms with Gasteiger partial charge in [0.2, 0.25) is 5.91 Å². The van der Waals surface area contributed by atoms with Gasteiger partial charge in [-0.05, 0) is 29.8 Å². The number of hydrogen-bond donors (Lipinski definition) is 3. The molecule has 0 aliphatic heterocycles. The molecule has 128 valence electrons. The summed E-state index contributed by atoms with van der Waals surface area (Å²) in [6.45, 7) is 0. The fraction of sp³-hybridized carbons (Fsp3) is 0.188. The largest absolute Gasteiger partial charge is 0.418 e. The van der Waals surface area contributed by atoms with Crippen molar-refractivity contribution in [1.82, 2.24) is 5.43 Å². The number of alkyl halides is 3. The van der Waals surface area contributed by atoms with Crippen LogP contribution in [0.4, 0.5) is 23.2 Å². The lowest BCUT2D eigenvalue weighted by Crippen LogP contribution is -2.31. The Hall–Kier alpha value is -2.61. The zero-order valence-electron chi connectivity index (χ0n) is 12.3. The predicted molar refractivity (Wildman–Crippen MR) is 79.2 cm³/mol. The van der Waals surface area contributed by atoms with E-state index in [2.05, 4.69) is 10.9 Å². The number of amides is 1. The quantitative estimate of drug-likeness (QED) is 0.576. The lowest BCUT2D eigenvalue weighted by Gasteiger charge is -2.16. The second-order valence-electron chi connectivity index (χ2n) is 4.99. The maximum atomic E-state index is 13.1. The van der Waals surface area contributed by atoms with Crippen LogP contribution in [0.25, 0.3) is 0 Å². The van der Waals surface area contributed by atoms with Crippen LogP contribution in [0.2, 0.25) is 0 Å². The number of para-hydroxylation sites is 1. The average molecular weight is 342 g/mol. The van der Waals surface area contributed by atoms with Gasteiger partial charge in [-0.3, -0.25) is 15.6 Å². The third-order valence-electron chi connectivity index (χ3n) is 3.18. The molecule has 0 heterocycles. The second kappa shape index (κ2) is 7.31. The molecule has 0 spiro atoms. The van der Waals surface area contributed by atoms with Crippen LogP contribution in [0.5, 0.6) is 0 Å². The summed E-state index contributed by atoms with van der Waals surface area (Å²) in [6, 6.07) is 9.71. The zero-order chi connectivity index (χ0) is 17.7. The molecule has 0 aromatic heterocycles. The molecule has 1 atom stereocenters. The third kappa shape index (κ3) is 4.69. The molecule has 0 aliphatic rings. The van der Waals surface area contributed by atoms with E-state index in [9.17, 15) is 27.5 Å². The van der Waals surface area contributed by atoms with Crippen LogP contribution in [0.1, 0.15) is 23.7 Å². The highest BCUT2D eigenvalue weighted by Crippen LogP contribution is 2.34. The van der Waals surface area contributed by atoms with Gasteiger partial charge in [-0.2, -0.15) is 13.2 Å². The second-order valence-corrected chi connectivity index (χ2v) is 4.99. The summed E-state index contributed by atoms with van der Waals surface area (Å²) in [5.74, 6) is -1.31. The van der Waals surface area contributed by atoms with Gasteiger partial charge < -0.3 is 5.11 Å². The van der Waals surface area contributed by atoms with E-state index < -0.39 is 36.0 Å². The minimum Gasteiger partial charge on any atom is -0.388 e. The van der Waals surface area contributed by atoms with Gasteiger partial charge in [-0.25, -0.2) is 4.39 Å². The van der Waals surface area contributed by atoms with Crippen LogP contribution in [0.15, 0.2) is 48.5 Å². The molecule has 3 N–H and O–H groups in total. The van der Waals surface area contributed by atoms with Crippen molar-refractivity contribution in [3.63, 3.8) is 0 Å².